The highest BCUT2D eigenvalue weighted by Crippen LogP contribution is 2.12. The first-order valence-electron chi connectivity index (χ1n) is 3.70. The number of hydrogen-bond donors (Lipinski definition) is 0. The highest BCUT2D eigenvalue weighted by atomic mass is 79.9. The average molecular weight is 214 g/mol. The van der Waals surface area contributed by atoms with E-state index in [0.29, 0.717) is 4.96 Å². The lowest BCUT2D eigenvalue weighted by Gasteiger charge is -1.97. The van der Waals surface area contributed by atoms with E-state index in [9.17, 15) is 0 Å². The molecule has 0 aliphatic rings. The van der Waals surface area contributed by atoms with Crippen LogP contribution in [0.25, 0.3) is 6.08 Å². The minimum absolute atomic E-state index is 0.368. The second-order valence-corrected chi connectivity index (χ2v) is 2.48. The van der Waals surface area contributed by atoms with Crippen LogP contribution in [0.15, 0.2) is 29.2 Å². The summed E-state index contributed by atoms with van der Waals surface area (Å²) in [6.45, 7) is 0. The molecule has 0 saturated carbocycles. The van der Waals surface area contributed by atoms with Crippen LogP contribution in [-0.2, 0) is 0 Å². The lowest BCUT2D eigenvalue weighted by atomic mass is 10.2. The molecule has 1 nitrogen and oxygen atoms in total. The fourth-order valence-corrected chi connectivity index (χ4v) is 1.03. The number of benzene rings is 1. The minimum atomic E-state index is 0.368. The van der Waals surface area contributed by atoms with E-state index >= 15 is 0 Å². The zero-order valence-electron chi connectivity index (χ0n) is 7.17. The molecule has 0 radical (unpaired) electrons. The van der Waals surface area contributed by atoms with Crippen molar-refractivity contribution in [2.45, 2.75) is 0 Å². The summed E-state index contributed by atoms with van der Waals surface area (Å²) in [5.41, 5.74) is 0.984. The van der Waals surface area contributed by atoms with Crippen LogP contribution in [0, 0.1) is 0 Å². The van der Waals surface area contributed by atoms with Crippen LogP contribution in [0.2, 0.25) is 0 Å². The molecule has 0 spiro atoms. The fraction of sp³-hybridized carbons (Fsp3) is 0.111. The second-order valence-electron chi connectivity index (χ2n) is 2.03. The Kier molecular flexibility index (Phi) is 2.63. The molecule has 11 heavy (non-hydrogen) atoms. The molecule has 1 aromatic carbocycles. The third-order valence-electron chi connectivity index (χ3n) is 1.34. The Hall–Kier alpha value is -0.760. The van der Waals surface area contributed by atoms with E-state index in [4.69, 9.17) is 6.11 Å². The van der Waals surface area contributed by atoms with Crippen LogP contribution in [-0.4, -0.2) is 7.11 Å². The van der Waals surface area contributed by atoms with Crippen molar-refractivity contribution in [2.75, 3.05) is 7.11 Å². The van der Waals surface area contributed by atoms with Gasteiger partial charge >= 0.3 is 0 Å². The predicted octanol–water partition coefficient (Wildman–Crippen LogP) is 3.06. The molecule has 0 amide bonds. The summed E-state index contributed by atoms with van der Waals surface area (Å²) >= 11 is 3.04. The summed E-state index contributed by atoms with van der Waals surface area (Å²) in [5, 5.41) is 0. The first-order valence-corrected chi connectivity index (χ1v) is 3.99. The molecule has 0 heterocycles. The quantitative estimate of drug-likeness (QED) is 0.735. The van der Waals surface area contributed by atoms with Gasteiger partial charge in [0.25, 0.3) is 0 Å². The van der Waals surface area contributed by atoms with Gasteiger partial charge in [-0.15, -0.1) is 0 Å². The van der Waals surface area contributed by atoms with Crippen molar-refractivity contribution >= 4 is 22.0 Å². The van der Waals surface area contributed by atoms with Gasteiger partial charge in [0.05, 0.1) is 8.48 Å². The number of rotatable bonds is 2. The SMILES string of the molecule is [2H]/C(Br)=C/c1ccc(OC)cc1. The molecule has 2 heteroatoms. The third-order valence-corrected chi connectivity index (χ3v) is 1.57. The molecule has 58 valence electrons. The Morgan fingerprint density at radius 2 is 2.09 bits per heavy atom. The first kappa shape index (κ1) is 6.92. The Morgan fingerprint density at radius 1 is 1.45 bits per heavy atom. The summed E-state index contributed by atoms with van der Waals surface area (Å²) in [6, 6.07) is 7.52. The standard InChI is InChI=1S/C9H9BrO/c1-11-9-4-2-8(3-5-9)6-7-10/h2-7H,1H3/b7-6-/i7D. The summed E-state index contributed by atoms with van der Waals surface area (Å²) < 4.78 is 12.2. The smallest absolute Gasteiger partial charge is 0.118 e. The van der Waals surface area contributed by atoms with E-state index in [1.807, 2.05) is 24.3 Å². The maximum atomic E-state index is 7.16. The van der Waals surface area contributed by atoms with Crippen molar-refractivity contribution in [3.8, 4) is 5.75 Å². The molecule has 0 aliphatic carbocycles. The third kappa shape index (κ3) is 2.39. The summed E-state index contributed by atoms with van der Waals surface area (Å²) in [4.78, 5) is 0.368. The Bertz CT molecular complexity index is 275. The number of hydrogen-bond acceptors (Lipinski definition) is 1. The Morgan fingerprint density at radius 3 is 2.55 bits per heavy atom. The van der Waals surface area contributed by atoms with Crippen LogP contribution in [0.4, 0.5) is 0 Å². The van der Waals surface area contributed by atoms with E-state index in [2.05, 4.69) is 15.9 Å². The summed E-state index contributed by atoms with van der Waals surface area (Å²) in [6.07, 6.45) is 1.72. The normalized spacial score (nSPS) is 12.5. The molecule has 0 N–H and O–H groups in total. The number of halogens is 1. The Labute approximate surface area is 76.2 Å². The molecule has 0 aromatic heterocycles. The molecule has 0 atom stereocenters. The topological polar surface area (TPSA) is 9.23 Å². The number of ether oxygens (including phenoxy) is 1. The van der Waals surface area contributed by atoms with Crippen LogP contribution >= 0.6 is 15.9 Å². The van der Waals surface area contributed by atoms with Gasteiger partial charge in [0.2, 0.25) is 0 Å². The Balaban J connectivity index is 2.85. The fourth-order valence-electron chi connectivity index (χ4n) is 0.763. The molecule has 0 unspecified atom stereocenters. The zero-order valence-corrected chi connectivity index (χ0v) is 7.76. The molecule has 1 aromatic rings. The van der Waals surface area contributed by atoms with Crippen LogP contribution in [0.1, 0.15) is 6.93 Å². The van der Waals surface area contributed by atoms with E-state index in [1.165, 1.54) is 0 Å². The van der Waals surface area contributed by atoms with E-state index < -0.39 is 0 Å². The van der Waals surface area contributed by atoms with E-state index in [-0.39, 0.29) is 0 Å². The van der Waals surface area contributed by atoms with Crippen molar-refractivity contribution in [3.05, 3.63) is 34.8 Å². The predicted molar refractivity (Wildman–Crippen MR) is 51.0 cm³/mol. The second kappa shape index (κ2) is 4.19. The van der Waals surface area contributed by atoms with Crippen molar-refractivity contribution in [1.29, 1.82) is 0 Å². The molecule has 0 fully saturated rings. The molecule has 0 bridgehead atoms. The molecule has 0 saturated heterocycles. The van der Waals surface area contributed by atoms with Gasteiger partial charge in [0.15, 0.2) is 0 Å². The van der Waals surface area contributed by atoms with Gasteiger partial charge in [-0.25, -0.2) is 0 Å². The maximum Gasteiger partial charge on any atom is 0.118 e. The minimum Gasteiger partial charge on any atom is -0.497 e. The van der Waals surface area contributed by atoms with Gasteiger partial charge in [-0.1, -0.05) is 28.1 Å². The maximum absolute atomic E-state index is 7.16. The van der Waals surface area contributed by atoms with Crippen LogP contribution in [0.3, 0.4) is 0 Å². The van der Waals surface area contributed by atoms with Gasteiger partial charge in [-0.2, -0.15) is 0 Å². The van der Waals surface area contributed by atoms with E-state index in [0.717, 1.165) is 11.3 Å². The molecule has 0 aliphatic heterocycles. The van der Waals surface area contributed by atoms with Gasteiger partial charge in [-0.3, -0.25) is 0 Å². The highest BCUT2D eigenvalue weighted by molar-refractivity contribution is 9.11. The molecular formula is C9H9BrO. The van der Waals surface area contributed by atoms with Gasteiger partial charge in [0.1, 0.15) is 5.75 Å². The van der Waals surface area contributed by atoms with Crippen molar-refractivity contribution < 1.29 is 6.11 Å². The van der Waals surface area contributed by atoms with Gasteiger partial charge in [0, 0.05) is 0 Å². The highest BCUT2D eigenvalue weighted by Gasteiger charge is 1.88. The first-order chi connectivity index (χ1) is 5.72. The summed E-state index contributed by atoms with van der Waals surface area (Å²) in [7, 11) is 1.63. The van der Waals surface area contributed by atoms with Crippen molar-refractivity contribution in [2.24, 2.45) is 0 Å². The number of methoxy groups -OCH3 is 1. The van der Waals surface area contributed by atoms with Crippen LogP contribution in [0.5, 0.6) is 5.75 Å². The largest absolute Gasteiger partial charge is 0.497 e. The van der Waals surface area contributed by atoms with E-state index in [1.54, 1.807) is 13.2 Å². The van der Waals surface area contributed by atoms with Gasteiger partial charge in [-0.05, 0) is 28.7 Å². The lowest BCUT2D eigenvalue weighted by Crippen LogP contribution is -1.80. The summed E-state index contributed by atoms with van der Waals surface area (Å²) in [5.74, 6) is 0.827. The van der Waals surface area contributed by atoms with Crippen molar-refractivity contribution in [3.63, 3.8) is 0 Å². The molecule has 1 rings (SSSR count). The average Bonchev–Trinajstić information content (AvgIpc) is 2.05. The van der Waals surface area contributed by atoms with Crippen molar-refractivity contribution in [1.82, 2.24) is 0 Å². The monoisotopic (exact) mass is 213 g/mol. The van der Waals surface area contributed by atoms with Gasteiger partial charge < -0.3 is 4.74 Å². The van der Waals surface area contributed by atoms with Crippen LogP contribution < -0.4 is 4.74 Å². The zero-order chi connectivity index (χ0) is 8.97. The lowest BCUT2D eigenvalue weighted by molar-refractivity contribution is 0.415. The molecular weight excluding hydrogens is 204 g/mol.